The number of nitrogens with zero attached hydrogens (tertiary/aromatic N) is 2. The number of imide groups is 1. The highest BCUT2D eigenvalue weighted by Gasteiger charge is 2.32. The van der Waals surface area contributed by atoms with Crippen LogP contribution in [0.1, 0.15) is 20.7 Å². The highest BCUT2D eigenvalue weighted by molar-refractivity contribution is 8.14. The van der Waals surface area contributed by atoms with Crippen molar-refractivity contribution >= 4 is 75.1 Å². The van der Waals surface area contributed by atoms with Crippen molar-refractivity contribution in [1.82, 2.24) is 4.90 Å². The molecule has 0 saturated carbocycles. The maximum Gasteiger partial charge on any atom is 0.268 e. The van der Waals surface area contributed by atoms with E-state index in [1.165, 1.54) is 48.2 Å². The predicted octanol–water partition coefficient (Wildman–Crippen LogP) is 5.69. The molecule has 0 aromatic heterocycles. The minimum atomic E-state index is -0.601. The van der Waals surface area contributed by atoms with Gasteiger partial charge >= 0.3 is 0 Å². The topological polar surface area (TPSA) is 49.7 Å². The summed E-state index contributed by atoms with van der Waals surface area (Å²) in [7, 11) is 0. The zero-order valence-corrected chi connectivity index (χ0v) is 16.8. The van der Waals surface area contributed by atoms with Gasteiger partial charge in [0.1, 0.15) is 0 Å². The maximum atomic E-state index is 13.1. The zero-order chi connectivity index (χ0) is 18.8. The van der Waals surface area contributed by atoms with Gasteiger partial charge in [0.15, 0.2) is 5.17 Å². The summed E-state index contributed by atoms with van der Waals surface area (Å²) >= 11 is 25.4. The smallest absolute Gasteiger partial charge is 0.268 e. The second-order valence-electron chi connectivity index (χ2n) is 5.21. The number of benzene rings is 2. The van der Waals surface area contributed by atoms with E-state index in [1.807, 2.05) is 0 Å². The number of carbonyl (C=O) groups is 2. The third-order valence-corrected chi connectivity index (χ3v) is 5.54. The van der Waals surface area contributed by atoms with E-state index in [1.54, 1.807) is 0 Å². The van der Waals surface area contributed by atoms with Gasteiger partial charge in [0.05, 0.1) is 27.7 Å². The first-order chi connectivity index (χ1) is 12.4. The first-order valence-electron chi connectivity index (χ1n) is 7.34. The Bertz CT molecular complexity index is 869. The minimum absolute atomic E-state index is 0.143. The van der Waals surface area contributed by atoms with Gasteiger partial charge in [0.25, 0.3) is 11.8 Å². The summed E-state index contributed by atoms with van der Waals surface area (Å²) in [6.45, 7) is 0.514. The van der Waals surface area contributed by atoms with Gasteiger partial charge in [-0.25, -0.2) is 4.90 Å². The largest absolute Gasteiger partial charge is 0.268 e. The van der Waals surface area contributed by atoms with Crippen molar-refractivity contribution in [3.8, 4) is 0 Å². The van der Waals surface area contributed by atoms with Crippen LogP contribution in [0.3, 0.4) is 0 Å². The molecular weight excluding hydrogens is 438 g/mol. The minimum Gasteiger partial charge on any atom is -0.268 e. The monoisotopic (exact) mass is 446 g/mol. The van der Waals surface area contributed by atoms with Crippen molar-refractivity contribution in [1.29, 1.82) is 0 Å². The fourth-order valence-electron chi connectivity index (χ4n) is 2.29. The number of rotatable bonds is 2. The number of halogens is 4. The van der Waals surface area contributed by atoms with E-state index >= 15 is 0 Å². The summed E-state index contributed by atoms with van der Waals surface area (Å²) < 4.78 is 0. The Labute approximate surface area is 174 Å². The fraction of sp³-hybridized carbons (Fsp3) is 0.118. The zero-order valence-electron chi connectivity index (χ0n) is 13.0. The van der Waals surface area contributed by atoms with Crippen LogP contribution in [0.15, 0.2) is 41.4 Å². The summed E-state index contributed by atoms with van der Waals surface area (Å²) in [4.78, 5) is 31.4. The van der Waals surface area contributed by atoms with Crippen LogP contribution < -0.4 is 0 Å². The van der Waals surface area contributed by atoms with Crippen molar-refractivity contribution in [2.24, 2.45) is 4.99 Å². The van der Waals surface area contributed by atoms with Crippen molar-refractivity contribution < 1.29 is 9.59 Å². The van der Waals surface area contributed by atoms with Crippen LogP contribution >= 0.6 is 58.2 Å². The number of aliphatic imine (C=N–C) groups is 1. The molecule has 2 aromatic carbocycles. The molecule has 0 saturated heterocycles. The van der Waals surface area contributed by atoms with Crippen LogP contribution in [-0.4, -0.2) is 34.2 Å². The molecule has 0 unspecified atom stereocenters. The molecule has 1 heterocycles. The van der Waals surface area contributed by atoms with Gasteiger partial charge in [0.2, 0.25) is 0 Å². The van der Waals surface area contributed by atoms with E-state index < -0.39 is 11.8 Å². The van der Waals surface area contributed by atoms with Crippen LogP contribution in [0.4, 0.5) is 0 Å². The number of thioether (sulfide) groups is 1. The molecule has 2 aromatic rings. The Hall–Kier alpha value is -1.24. The van der Waals surface area contributed by atoms with Gasteiger partial charge in [-0.15, -0.1) is 0 Å². The molecule has 2 amide bonds. The second kappa shape index (κ2) is 8.19. The molecule has 134 valence electrons. The maximum absolute atomic E-state index is 13.1. The van der Waals surface area contributed by atoms with Gasteiger partial charge in [-0.05, 0) is 36.4 Å². The summed E-state index contributed by atoms with van der Waals surface area (Å²) in [5.41, 5.74) is 0.286. The first kappa shape index (κ1) is 19.5. The molecule has 0 atom stereocenters. The Morgan fingerprint density at radius 3 is 1.77 bits per heavy atom. The summed E-state index contributed by atoms with van der Waals surface area (Å²) in [5, 5.41) is 1.37. The Morgan fingerprint density at radius 2 is 1.38 bits per heavy atom. The lowest BCUT2D eigenvalue weighted by Crippen LogP contribution is -2.40. The van der Waals surface area contributed by atoms with Crippen LogP contribution in [0, 0.1) is 0 Å². The van der Waals surface area contributed by atoms with Crippen molar-refractivity contribution in [3.63, 3.8) is 0 Å². The number of amidine groups is 1. The fourth-order valence-corrected chi connectivity index (χ4v) is 4.11. The van der Waals surface area contributed by atoms with E-state index in [4.69, 9.17) is 46.4 Å². The predicted molar refractivity (Wildman–Crippen MR) is 108 cm³/mol. The van der Waals surface area contributed by atoms with E-state index in [2.05, 4.69) is 4.99 Å². The van der Waals surface area contributed by atoms with E-state index in [9.17, 15) is 9.59 Å². The molecule has 9 heteroatoms. The molecule has 3 rings (SSSR count). The molecule has 4 nitrogen and oxygen atoms in total. The lowest BCUT2D eigenvalue weighted by atomic mass is 10.1. The van der Waals surface area contributed by atoms with Gasteiger partial charge in [-0.2, -0.15) is 0 Å². The van der Waals surface area contributed by atoms with Crippen molar-refractivity contribution in [2.75, 3.05) is 12.3 Å². The molecule has 1 aliphatic heterocycles. The third-order valence-electron chi connectivity index (χ3n) is 3.49. The number of carbonyl (C=O) groups excluding carboxylic acids is 2. The normalized spacial score (nSPS) is 13.5. The average molecular weight is 448 g/mol. The molecule has 0 N–H and O–H groups in total. The first-order valence-corrected chi connectivity index (χ1v) is 9.84. The van der Waals surface area contributed by atoms with Crippen molar-refractivity contribution in [3.05, 3.63) is 67.6 Å². The number of hydrogen-bond acceptors (Lipinski definition) is 4. The average Bonchev–Trinajstić information content (AvgIpc) is 3.08. The lowest BCUT2D eigenvalue weighted by Gasteiger charge is -2.21. The van der Waals surface area contributed by atoms with E-state index in [-0.39, 0.29) is 21.2 Å². The van der Waals surface area contributed by atoms with E-state index in [0.717, 1.165) is 4.90 Å². The third kappa shape index (κ3) is 4.02. The standard InChI is InChI=1S/C17H10Cl4N2O2S/c18-9-1-3-11(13(20)7-9)15(24)23(17-22-5-6-26-17)16(25)12-4-2-10(19)8-14(12)21/h1-4,7-8H,5-6H2. The highest BCUT2D eigenvalue weighted by Crippen LogP contribution is 2.28. The SMILES string of the molecule is O=C(c1ccc(Cl)cc1Cl)N(C(=O)c1ccc(Cl)cc1Cl)C1=NCCS1. The van der Waals surface area contributed by atoms with Crippen LogP contribution in [-0.2, 0) is 0 Å². The molecule has 1 aliphatic rings. The highest BCUT2D eigenvalue weighted by atomic mass is 35.5. The molecule has 0 spiro atoms. The summed E-state index contributed by atoms with van der Waals surface area (Å²) in [6.07, 6.45) is 0. The summed E-state index contributed by atoms with van der Waals surface area (Å²) in [5.74, 6) is -0.526. The quantitative estimate of drug-likeness (QED) is 0.556. The molecule has 0 fully saturated rings. The Balaban J connectivity index is 2.05. The molecule has 0 bridgehead atoms. The molecule has 26 heavy (non-hydrogen) atoms. The number of hydrogen-bond donors (Lipinski definition) is 0. The molecule has 0 aliphatic carbocycles. The van der Waals surface area contributed by atoms with Crippen LogP contribution in [0.2, 0.25) is 20.1 Å². The summed E-state index contributed by atoms with van der Waals surface area (Å²) in [6, 6.07) is 8.88. The van der Waals surface area contributed by atoms with Gasteiger partial charge in [-0.1, -0.05) is 58.2 Å². The molecule has 0 radical (unpaired) electrons. The van der Waals surface area contributed by atoms with Crippen LogP contribution in [0.25, 0.3) is 0 Å². The van der Waals surface area contributed by atoms with Gasteiger partial charge in [0, 0.05) is 15.8 Å². The Morgan fingerprint density at radius 1 is 0.885 bits per heavy atom. The Kier molecular flexibility index (Phi) is 6.15. The lowest BCUT2D eigenvalue weighted by molar-refractivity contribution is 0.0717. The van der Waals surface area contributed by atoms with Gasteiger partial charge < -0.3 is 0 Å². The van der Waals surface area contributed by atoms with Gasteiger partial charge in [-0.3, -0.25) is 14.6 Å². The molecular formula is C17H10Cl4N2O2S. The number of amides is 2. The second-order valence-corrected chi connectivity index (χ2v) is 7.96. The van der Waals surface area contributed by atoms with E-state index in [0.29, 0.717) is 27.5 Å². The van der Waals surface area contributed by atoms with Crippen molar-refractivity contribution in [2.45, 2.75) is 0 Å². The van der Waals surface area contributed by atoms with Crippen LogP contribution in [0.5, 0.6) is 0 Å².